The molecule has 1 unspecified atom stereocenters. The van der Waals surface area contributed by atoms with Gasteiger partial charge in [-0.05, 0) is 43.0 Å². The minimum atomic E-state index is -3.53. The van der Waals surface area contributed by atoms with E-state index < -0.39 is 10.0 Å². The van der Waals surface area contributed by atoms with Crippen LogP contribution in [-0.2, 0) is 14.8 Å². The minimum Gasteiger partial charge on any atom is -0.380 e. The maximum atomic E-state index is 12.2. The van der Waals surface area contributed by atoms with Crippen LogP contribution < -0.4 is 4.72 Å². The van der Waals surface area contributed by atoms with Gasteiger partial charge in [0.25, 0.3) is 0 Å². The maximum Gasteiger partial charge on any atom is 0.236 e. The van der Waals surface area contributed by atoms with Crippen molar-refractivity contribution in [3.8, 4) is 0 Å². The highest BCUT2D eigenvalue weighted by Crippen LogP contribution is 2.34. The number of halogens is 1. The monoisotopic (exact) mass is 341 g/mol. The molecule has 2 aromatic rings. The van der Waals surface area contributed by atoms with Crippen molar-refractivity contribution in [2.24, 2.45) is 5.92 Å². The number of fused-ring (bicyclic) bond motifs is 1. The molecule has 1 fully saturated rings. The Morgan fingerprint density at radius 2 is 2.05 bits per heavy atom. The molecule has 2 heterocycles. The van der Waals surface area contributed by atoms with Gasteiger partial charge in [-0.25, -0.2) is 18.4 Å². The van der Waals surface area contributed by atoms with Crippen molar-refractivity contribution in [2.45, 2.75) is 18.9 Å². The molecule has 0 radical (unpaired) electrons. The molecule has 1 N–H and O–H groups in total. The van der Waals surface area contributed by atoms with Gasteiger partial charge in [0, 0.05) is 12.5 Å². The van der Waals surface area contributed by atoms with Crippen LogP contribution in [0.1, 0.15) is 12.8 Å². The summed E-state index contributed by atoms with van der Waals surface area (Å²) in [5.74, 6) is 0.496. The second kappa shape index (κ2) is 5.98. The van der Waals surface area contributed by atoms with Gasteiger partial charge in [0.1, 0.15) is 11.0 Å². The molecule has 0 saturated heterocycles. The molecule has 118 valence electrons. The first-order chi connectivity index (χ1) is 10.5. The number of nitrogens with zero attached hydrogens (tertiary/aromatic N) is 2. The van der Waals surface area contributed by atoms with E-state index in [0.717, 1.165) is 18.2 Å². The third kappa shape index (κ3) is 3.66. The highest BCUT2D eigenvalue weighted by atomic mass is 35.5. The molecule has 0 aromatic carbocycles. The van der Waals surface area contributed by atoms with E-state index in [9.17, 15) is 8.42 Å². The second-order valence-electron chi connectivity index (χ2n) is 5.37. The van der Waals surface area contributed by atoms with Gasteiger partial charge in [-0.15, -0.1) is 0 Å². The van der Waals surface area contributed by atoms with Crippen LogP contribution in [0.2, 0.25) is 5.15 Å². The van der Waals surface area contributed by atoms with E-state index in [1.165, 1.54) is 0 Å². The van der Waals surface area contributed by atoms with Gasteiger partial charge < -0.3 is 4.74 Å². The number of rotatable bonds is 6. The van der Waals surface area contributed by atoms with Crippen LogP contribution in [0.4, 0.5) is 5.82 Å². The summed E-state index contributed by atoms with van der Waals surface area (Å²) < 4.78 is 32.2. The molecule has 0 bridgehead atoms. The smallest absolute Gasteiger partial charge is 0.236 e. The van der Waals surface area contributed by atoms with Gasteiger partial charge in [0.2, 0.25) is 10.0 Å². The van der Waals surface area contributed by atoms with Crippen LogP contribution >= 0.6 is 11.6 Å². The highest BCUT2D eigenvalue weighted by Gasteiger charge is 2.34. The molecule has 0 aliphatic heterocycles. The largest absolute Gasteiger partial charge is 0.380 e. The van der Waals surface area contributed by atoms with Crippen LogP contribution in [-0.4, -0.2) is 37.4 Å². The average molecular weight is 342 g/mol. The predicted octanol–water partition coefficient (Wildman–Crippen LogP) is 2.45. The lowest BCUT2D eigenvalue weighted by Gasteiger charge is -2.15. The van der Waals surface area contributed by atoms with E-state index in [2.05, 4.69) is 14.7 Å². The molecular weight excluding hydrogens is 326 g/mol. The topological polar surface area (TPSA) is 81.2 Å². The van der Waals surface area contributed by atoms with E-state index in [1.807, 2.05) is 0 Å². The van der Waals surface area contributed by atoms with Gasteiger partial charge in [-0.1, -0.05) is 11.6 Å². The molecular formula is C14H16ClN3O3S. The van der Waals surface area contributed by atoms with Crippen molar-refractivity contribution >= 4 is 38.5 Å². The lowest BCUT2D eigenvalue weighted by Crippen LogP contribution is -2.29. The summed E-state index contributed by atoms with van der Waals surface area (Å²) in [7, 11) is -1.99. The van der Waals surface area contributed by atoms with Crippen LogP contribution in [0.25, 0.3) is 11.0 Å². The van der Waals surface area contributed by atoms with Crippen molar-refractivity contribution in [3.05, 3.63) is 29.4 Å². The minimum absolute atomic E-state index is 0.0726. The first-order valence-electron chi connectivity index (χ1n) is 6.93. The van der Waals surface area contributed by atoms with Crippen LogP contribution in [0.3, 0.4) is 0 Å². The van der Waals surface area contributed by atoms with Crippen molar-refractivity contribution < 1.29 is 13.2 Å². The summed E-state index contributed by atoms with van der Waals surface area (Å²) in [6.45, 7) is 0. The van der Waals surface area contributed by atoms with Crippen molar-refractivity contribution in [1.82, 2.24) is 9.97 Å². The van der Waals surface area contributed by atoms with Gasteiger partial charge in [-0.2, -0.15) is 0 Å². The molecule has 22 heavy (non-hydrogen) atoms. The number of methoxy groups -OCH3 is 1. The second-order valence-corrected chi connectivity index (χ2v) is 7.53. The number of sulfonamides is 1. The Balaban J connectivity index is 1.79. The zero-order valence-corrected chi connectivity index (χ0v) is 13.6. The fourth-order valence-corrected chi connectivity index (χ4v) is 3.81. The Kier molecular flexibility index (Phi) is 4.20. The molecule has 1 aliphatic rings. The summed E-state index contributed by atoms with van der Waals surface area (Å²) in [4.78, 5) is 8.26. The Bertz CT molecular complexity index is 793. The highest BCUT2D eigenvalue weighted by molar-refractivity contribution is 7.92. The lowest BCUT2D eigenvalue weighted by atomic mass is 10.3. The van der Waals surface area contributed by atoms with E-state index in [1.54, 1.807) is 31.4 Å². The molecule has 1 saturated carbocycles. The Morgan fingerprint density at radius 3 is 2.73 bits per heavy atom. The van der Waals surface area contributed by atoms with Crippen molar-refractivity contribution in [1.29, 1.82) is 0 Å². The zero-order valence-electron chi connectivity index (χ0n) is 12.0. The average Bonchev–Trinajstić information content (AvgIpc) is 3.28. The Labute approximate surface area is 133 Å². The summed E-state index contributed by atoms with van der Waals surface area (Å²) in [5, 5.41) is 1.10. The number of pyridine rings is 2. The number of ether oxygens (including phenoxy) is 1. The number of aromatic nitrogens is 2. The number of anilines is 1. The molecule has 6 nitrogen and oxygen atoms in total. The third-order valence-corrected chi connectivity index (χ3v) is 5.11. The SMILES string of the molecule is COC(CS(=O)(=O)Nc1ccc2ccc(Cl)nc2n1)C1CC1. The zero-order chi connectivity index (χ0) is 15.7. The van der Waals surface area contributed by atoms with Crippen LogP contribution in [0.5, 0.6) is 0 Å². The van der Waals surface area contributed by atoms with Crippen LogP contribution in [0.15, 0.2) is 24.3 Å². The number of hydrogen-bond donors (Lipinski definition) is 1. The van der Waals surface area contributed by atoms with E-state index in [-0.39, 0.29) is 17.7 Å². The molecule has 1 atom stereocenters. The van der Waals surface area contributed by atoms with Crippen molar-refractivity contribution in [3.63, 3.8) is 0 Å². The van der Waals surface area contributed by atoms with Crippen molar-refractivity contribution in [2.75, 3.05) is 17.6 Å². The van der Waals surface area contributed by atoms with E-state index in [4.69, 9.17) is 16.3 Å². The molecule has 0 spiro atoms. The third-order valence-electron chi connectivity index (χ3n) is 3.61. The quantitative estimate of drug-likeness (QED) is 0.816. The normalized spacial score (nSPS) is 16.6. The first-order valence-corrected chi connectivity index (χ1v) is 8.96. The molecule has 3 rings (SSSR count). The summed E-state index contributed by atoms with van der Waals surface area (Å²) in [6, 6.07) is 6.80. The van der Waals surface area contributed by atoms with Gasteiger partial charge >= 0.3 is 0 Å². The predicted molar refractivity (Wildman–Crippen MR) is 85.5 cm³/mol. The van der Waals surface area contributed by atoms with Gasteiger partial charge in [0.15, 0.2) is 5.65 Å². The molecule has 0 amide bonds. The Morgan fingerprint density at radius 1 is 1.32 bits per heavy atom. The van der Waals surface area contributed by atoms with E-state index >= 15 is 0 Å². The fraction of sp³-hybridized carbons (Fsp3) is 0.429. The van der Waals surface area contributed by atoms with Gasteiger partial charge in [0.05, 0.1) is 11.9 Å². The number of hydrogen-bond acceptors (Lipinski definition) is 5. The summed E-state index contributed by atoms with van der Waals surface area (Å²) >= 11 is 5.83. The summed E-state index contributed by atoms with van der Waals surface area (Å²) in [6.07, 6.45) is 1.76. The lowest BCUT2D eigenvalue weighted by molar-refractivity contribution is 0.103. The van der Waals surface area contributed by atoms with Gasteiger partial charge in [-0.3, -0.25) is 4.72 Å². The van der Waals surface area contributed by atoms with E-state index in [0.29, 0.717) is 16.7 Å². The maximum absolute atomic E-state index is 12.2. The Hall–Kier alpha value is -1.44. The number of nitrogens with one attached hydrogen (secondary N) is 1. The molecule has 8 heteroatoms. The standard InChI is InChI=1S/C14H16ClN3O3S/c1-21-11(9-2-3-9)8-22(19,20)18-13-7-5-10-4-6-12(15)16-14(10)17-13/h4-7,9,11H,2-3,8H2,1H3,(H,16,17,18). The summed E-state index contributed by atoms with van der Waals surface area (Å²) in [5.41, 5.74) is 0.401. The van der Waals surface area contributed by atoms with Crippen LogP contribution in [0, 0.1) is 5.92 Å². The molecule has 1 aliphatic carbocycles. The molecule has 2 aromatic heterocycles. The fourth-order valence-electron chi connectivity index (χ4n) is 2.31. The first kappa shape index (κ1) is 15.5.